The Labute approximate surface area is 98.5 Å². The second kappa shape index (κ2) is 3.73. The van der Waals surface area contributed by atoms with Gasteiger partial charge in [-0.1, -0.05) is 0 Å². The number of carboxylic acid groups (broad SMARTS) is 1. The van der Waals surface area contributed by atoms with E-state index in [0.29, 0.717) is 31.5 Å². The van der Waals surface area contributed by atoms with Gasteiger partial charge in [-0.3, -0.25) is 4.68 Å². The zero-order chi connectivity index (χ0) is 12.0. The van der Waals surface area contributed by atoms with Crippen LogP contribution in [-0.2, 0) is 13.0 Å². The van der Waals surface area contributed by atoms with Crippen molar-refractivity contribution in [3.05, 3.63) is 17.5 Å². The fraction of sp³-hybridized carbons (Fsp3) is 0.636. The Hall–Kier alpha value is -1.56. The van der Waals surface area contributed by atoms with Gasteiger partial charge in [0.25, 0.3) is 0 Å². The van der Waals surface area contributed by atoms with Crippen LogP contribution in [0.15, 0.2) is 6.20 Å². The predicted molar refractivity (Wildman–Crippen MR) is 58.8 cm³/mol. The summed E-state index contributed by atoms with van der Waals surface area (Å²) in [6.45, 7) is 1.79. The Bertz CT molecular complexity index is 457. The van der Waals surface area contributed by atoms with Crippen molar-refractivity contribution in [1.82, 2.24) is 14.7 Å². The van der Waals surface area contributed by atoms with Crippen LogP contribution in [0, 0.1) is 5.92 Å². The van der Waals surface area contributed by atoms with Gasteiger partial charge in [-0.25, -0.2) is 4.79 Å². The summed E-state index contributed by atoms with van der Waals surface area (Å²) in [6, 6.07) is 0. The van der Waals surface area contributed by atoms with Crippen LogP contribution in [0.1, 0.15) is 17.2 Å². The molecule has 17 heavy (non-hydrogen) atoms. The number of nitrogens with zero attached hydrogens (tertiary/aromatic N) is 3. The summed E-state index contributed by atoms with van der Waals surface area (Å²) in [5.41, 5.74) is 2.26. The quantitative estimate of drug-likeness (QED) is 0.766. The zero-order valence-electron chi connectivity index (χ0n) is 9.41. The minimum atomic E-state index is -0.830. The van der Waals surface area contributed by atoms with Crippen LogP contribution in [-0.4, -0.2) is 50.7 Å². The molecule has 2 aliphatic rings. The van der Waals surface area contributed by atoms with Crippen molar-refractivity contribution in [3.8, 4) is 0 Å². The van der Waals surface area contributed by atoms with E-state index in [1.54, 1.807) is 4.68 Å². The Kier molecular flexibility index (Phi) is 2.32. The highest BCUT2D eigenvalue weighted by Crippen LogP contribution is 2.42. The number of aliphatic hydroxyl groups is 1. The van der Waals surface area contributed by atoms with E-state index in [9.17, 15) is 4.79 Å². The first-order chi connectivity index (χ1) is 8.19. The number of likely N-dealkylation sites (tertiary alicyclic amines) is 1. The molecule has 2 N–H and O–H groups in total. The van der Waals surface area contributed by atoms with Crippen LogP contribution in [0.2, 0.25) is 0 Å². The third-order valence-corrected chi connectivity index (χ3v) is 3.77. The molecule has 6 heteroatoms. The molecule has 0 saturated carbocycles. The van der Waals surface area contributed by atoms with Gasteiger partial charge >= 0.3 is 6.09 Å². The van der Waals surface area contributed by atoms with Crippen LogP contribution >= 0.6 is 0 Å². The summed E-state index contributed by atoms with van der Waals surface area (Å²) in [7, 11) is 0. The normalized spacial score (nSPS) is 26.1. The monoisotopic (exact) mass is 237 g/mol. The lowest BCUT2D eigenvalue weighted by Crippen LogP contribution is -2.27. The lowest BCUT2D eigenvalue weighted by atomic mass is 9.98. The second-order valence-corrected chi connectivity index (χ2v) is 4.78. The molecule has 1 amide bonds. The van der Waals surface area contributed by atoms with Gasteiger partial charge in [0.2, 0.25) is 0 Å². The molecule has 1 aliphatic carbocycles. The van der Waals surface area contributed by atoms with Crippen molar-refractivity contribution in [2.24, 2.45) is 5.92 Å². The molecule has 0 aromatic carbocycles. The minimum absolute atomic E-state index is 0.0793. The highest BCUT2D eigenvalue weighted by Gasteiger charge is 2.43. The van der Waals surface area contributed by atoms with E-state index in [1.807, 2.05) is 6.20 Å². The van der Waals surface area contributed by atoms with E-state index < -0.39 is 6.09 Å². The van der Waals surface area contributed by atoms with Crippen LogP contribution in [0.25, 0.3) is 0 Å². The molecule has 2 heterocycles. The predicted octanol–water partition coefficient (Wildman–Crippen LogP) is 0.125. The van der Waals surface area contributed by atoms with Gasteiger partial charge in [0.1, 0.15) is 0 Å². The van der Waals surface area contributed by atoms with E-state index in [1.165, 1.54) is 10.5 Å². The maximum Gasteiger partial charge on any atom is 0.407 e. The fourth-order valence-corrected chi connectivity index (χ4v) is 3.00. The molecule has 1 aliphatic heterocycles. The average molecular weight is 237 g/mol. The van der Waals surface area contributed by atoms with Crippen molar-refractivity contribution < 1.29 is 15.0 Å². The van der Waals surface area contributed by atoms with Gasteiger partial charge < -0.3 is 15.1 Å². The summed E-state index contributed by atoms with van der Waals surface area (Å²) < 4.78 is 1.75. The SMILES string of the molecule is O=C(O)N1CC2Cc3nn(CCO)cc3C2C1. The Morgan fingerprint density at radius 2 is 2.35 bits per heavy atom. The number of aliphatic hydroxyl groups excluding tert-OH is 1. The number of rotatable bonds is 2. The third kappa shape index (κ3) is 1.59. The van der Waals surface area contributed by atoms with Gasteiger partial charge in [0.05, 0.1) is 18.8 Å². The molecule has 6 nitrogen and oxygen atoms in total. The molecule has 0 bridgehead atoms. The molecule has 2 atom stereocenters. The first-order valence-corrected chi connectivity index (χ1v) is 5.84. The van der Waals surface area contributed by atoms with Crippen molar-refractivity contribution in [2.45, 2.75) is 18.9 Å². The second-order valence-electron chi connectivity index (χ2n) is 4.78. The number of carbonyl (C=O) groups is 1. The molecule has 2 unspecified atom stereocenters. The number of hydrogen-bond acceptors (Lipinski definition) is 3. The lowest BCUT2D eigenvalue weighted by Gasteiger charge is -2.11. The van der Waals surface area contributed by atoms with Crippen LogP contribution in [0.5, 0.6) is 0 Å². The van der Waals surface area contributed by atoms with Crippen LogP contribution < -0.4 is 0 Å². The highest BCUT2D eigenvalue weighted by atomic mass is 16.4. The van der Waals surface area contributed by atoms with Crippen molar-refractivity contribution in [1.29, 1.82) is 0 Å². The minimum Gasteiger partial charge on any atom is -0.465 e. The number of hydrogen-bond donors (Lipinski definition) is 2. The molecular weight excluding hydrogens is 222 g/mol. The summed E-state index contributed by atoms with van der Waals surface area (Å²) >= 11 is 0. The molecule has 1 aromatic rings. The van der Waals surface area contributed by atoms with E-state index in [2.05, 4.69) is 5.10 Å². The standard InChI is InChI=1S/C11H15N3O3/c15-2-1-14-6-9-8-5-13(11(16)17)4-7(8)3-10(9)12-14/h6-8,15H,1-5H2,(H,16,17). The molecule has 0 radical (unpaired) electrons. The van der Waals surface area contributed by atoms with Gasteiger partial charge in [-0.15, -0.1) is 0 Å². The largest absolute Gasteiger partial charge is 0.465 e. The maximum atomic E-state index is 10.9. The molecule has 1 fully saturated rings. The first kappa shape index (κ1) is 10.6. The molecule has 92 valence electrons. The van der Waals surface area contributed by atoms with Crippen molar-refractivity contribution >= 4 is 6.09 Å². The van der Waals surface area contributed by atoms with E-state index >= 15 is 0 Å². The highest BCUT2D eigenvalue weighted by molar-refractivity contribution is 5.66. The summed E-state index contributed by atoms with van der Waals surface area (Å²) in [4.78, 5) is 12.4. The molecule has 3 rings (SSSR count). The smallest absolute Gasteiger partial charge is 0.407 e. The van der Waals surface area contributed by atoms with Crippen molar-refractivity contribution in [3.63, 3.8) is 0 Å². The molecule has 1 aromatic heterocycles. The van der Waals surface area contributed by atoms with Crippen molar-refractivity contribution in [2.75, 3.05) is 19.7 Å². The lowest BCUT2D eigenvalue weighted by molar-refractivity contribution is 0.153. The van der Waals surface area contributed by atoms with Gasteiger partial charge in [0.15, 0.2) is 0 Å². The Balaban J connectivity index is 1.81. The van der Waals surface area contributed by atoms with Gasteiger partial charge in [-0.2, -0.15) is 5.10 Å². The molecule has 0 spiro atoms. The fourth-order valence-electron chi connectivity index (χ4n) is 3.00. The van der Waals surface area contributed by atoms with E-state index in [-0.39, 0.29) is 6.61 Å². The number of aromatic nitrogens is 2. The Morgan fingerprint density at radius 1 is 1.53 bits per heavy atom. The topological polar surface area (TPSA) is 78.6 Å². The van der Waals surface area contributed by atoms with E-state index in [0.717, 1.165) is 12.1 Å². The number of amides is 1. The number of fused-ring (bicyclic) bond motifs is 3. The van der Waals surface area contributed by atoms with Gasteiger partial charge in [0, 0.05) is 25.2 Å². The van der Waals surface area contributed by atoms with Gasteiger partial charge in [-0.05, 0) is 17.9 Å². The first-order valence-electron chi connectivity index (χ1n) is 5.84. The summed E-state index contributed by atoms with van der Waals surface area (Å²) in [5, 5.41) is 22.3. The van der Waals surface area contributed by atoms with Crippen LogP contribution in [0.3, 0.4) is 0 Å². The summed E-state index contributed by atoms with van der Waals surface area (Å²) in [6.07, 6.45) is 1.99. The molecule has 1 saturated heterocycles. The third-order valence-electron chi connectivity index (χ3n) is 3.77. The van der Waals surface area contributed by atoms with Crippen LogP contribution in [0.4, 0.5) is 4.79 Å². The maximum absolute atomic E-state index is 10.9. The Morgan fingerprint density at radius 3 is 3.06 bits per heavy atom. The van der Waals surface area contributed by atoms with E-state index in [4.69, 9.17) is 10.2 Å². The molecular formula is C11H15N3O3. The average Bonchev–Trinajstić information content (AvgIpc) is 2.87. The summed E-state index contributed by atoms with van der Waals surface area (Å²) in [5.74, 6) is 0.695. The zero-order valence-corrected chi connectivity index (χ0v) is 9.41.